The molecule has 6 aromatic rings. The number of nitrogens with one attached hydrogen (secondary N) is 1. The van der Waals surface area contributed by atoms with Gasteiger partial charge in [-0.15, -0.1) is 9.97 Å². The smallest absolute Gasteiger partial charge is 1.00 e. The second kappa shape index (κ2) is 21.5. The number of hydrogen-bond acceptors (Lipinski definition) is 6. The number of rotatable bonds is 9. The summed E-state index contributed by atoms with van der Waals surface area (Å²) in [4.78, 5) is 39.2. The summed E-state index contributed by atoms with van der Waals surface area (Å²) in [6.07, 6.45) is -6.32. The van der Waals surface area contributed by atoms with Gasteiger partial charge in [-0.1, -0.05) is 48.6 Å². The number of halogens is 11. The Bertz CT molecular complexity index is 2690. The van der Waals surface area contributed by atoms with Crippen molar-refractivity contribution in [3.05, 3.63) is 142 Å². The van der Waals surface area contributed by atoms with Gasteiger partial charge in [-0.25, -0.2) is 17.6 Å². The molecule has 0 radical (unpaired) electrons. The summed E-state index contributed by atoms with van der Waals surface area (Å²) in [5.74, 6) is -5.32. The Morgan fingerprint density at radius 3 is 1.68 bits per heavy atom. The number of nitrogens with zero attached hydrogens (tertiary/aromatic N) is 5. The zero-order valence-corrected chi connectivity index (χ0v) is 35.9. The number of aromatic nitrogens is 4. The molecule has 4 heterocycles. The van der Waals surface area contributed by atoms with Crippen LogP contribution in [0.5, 0.6) is 0 Å². The molecule has 330 valence electrons. The zero-order valence-electron chi connectivity index (χ0n) is 33.4. The van der Waals surface area contributed by atoms with Gasteiger partial charge in [-0.2, -0.15) is 26.3 Å². The number of alkyl halides is 7. The van der Waals surface area contributed by atoms with Gasteiger partial charge in [0.1, 0.15) is 46.9 Å². The van der Waals surface area contributed by atoms with Gasteiger partial charge in [0.25, 0.3) is 11.6 Å². The van der Waals surface area contributed by atoms with Crippen molar-refractivity contribution in [3.63, 3.8) is 0 Å². The van der Waals surface area contributed by atoms with E-state index in [0.29, 0.717) is 23.0 Å². The standard InChI is InChI=1S/C20H14F5N3O2.C12H10BrF3N2O2.C8H5F2N.CH4.Na.H/c1-19(30,10-28-9-15(22)13-7-12(21)3-4-16(13)28)17(29)6-11-5-14(20(23,24)25)18(26-2)27-8-11;1-11(20,6-13)9(19)4-7-3-8(12(14,15)16)10(17-2)18-5-7;9-5-1-2-8-6(3-5)7(10)4-11-8;;;/h3-5,7-9,30H,6,10H2,1H3;3,5,20H,4,6H2,1H3;1-4,11H;1H4;;/q;;;;+1;-1/t19-;11-;;;;/m00..../s1. The molecule has 0 fully saturated rings. The minimum Gasteiger partial charge on any atom is -1.00 e. The monoisotopic (exact) mass is 966 g/mol. The second-order valence-corrected chi connectivity index (χ2v) is 14.2. The van der Waals surface area contributed by atoms with E-state index in [-0.39, 0.29) is 65.8 Å². The molecule has 0 aliphatic rings. The fourth-order valence-corrected chi connectivity index (χ4v) is 5.76. The van der Waals surface area contributed by atoms with Crippen LogP contribution in [-0.2, 0) is 41.3 Å². The van der Waals surface area contributed by atoms with Crippen LogP contribution in [0.3, 0.4) is 0 Å². The number of aromatic amines is 1. The fraction of sp³-hybridized carbons (Fsp3) is 0.268. The molecular weight excluding hydrogens is 933 g/mol. The van der Waals surface area contributed by atoms with Crippen LogP contribution in [0.25, 0.3) is 31.5 Å². The number of H-pyrrole nitrogens is 1. The summed E-state index contributed by atoms with van der Waals surface area (Å²) < 4.78 is 131. The largest absolute Gasteiger partial charge is 1.00 e. The van der Waals surface area contributed by atoms with Crippen molar-refractivity contribution >= 4 is 60.9 Å². The van der Waals surface area contributed by atoms with Gasteiger partial charge in [0.2, 0.25) is 0 Å². The van der Waals surface area contributed by atoms with Gasteiger partial charge in [0, 0.05) is 58.0 Å². The first-order valence-electron chi connectivity index (χ1n) is 17.1. The minimum atomic E-state index is -4.83. The molecule has 0 aliphatic carbocycles. The number of aliphatic hydroxyl groups is 2. The van der Waals surface area contributed by atoms with E-state index < -0.39 is 101 Å². The Kier molecular flexibility index (Phi) is 18.4. The Labute approximate surface area is 384 Å². The van der Waals surface area contributed by atoms with Crippen LogP contribution in [0.1, 0.15) is 45.0 Å². The van der Waals surface area contributed by atoms with Crippen LogP contribution in [0, 0.1) is 36.4 Å². The average Bonchev–Trinajstić information content (AvgIpc) is 3.70. The molecule has 0 unspecified atom stereocenters. The predicted octanol–water partition coefficient (Wildman–Crippen LogP) is 7.55. The Balaban J connectivity index is 0.000000519. The van der Waals surface area contributed by atoms with Crippen LogP contribution in [-0.4, -0.2) is 57.8 Å². The van der Waals surface area contributed by atoms with E-state index in [4.69, 9.17) is 13.1 Å². The number of benzene rings is 2. The van der Waals surface area contributed by atoms with Gasteiger partial charge in [-0.05, 0) is 50.2 Å². The third kappa shape index (κ3) is 13.7. The molecule has 6 rings (SSSR count). The summed E-state index contributed by atoms with van der Waals surface area (Å²) in [5, 5.41) is 20.5. The summed E-state index contributed by atoms with van der Waals surface area (Å²) in [7, 11) is 0. The third-order valence-electron chi connectivity index (χ3n) is 8.73. The molecule has 3 N–H and O–H groups in total. The van der Waals surface area contributed by atoms with Gasteiger partial charge >= 0.3 is 41.9 Å². The van der Waals surface area contributed by atoms with E-state index in [1.165, 1.54) is 42.0 Å². The molecule has 0 saturated heterocycles. The van der Waals surface area contributed by atoms with Gasteiger partial charge < -0.3 is 30.9 Å². The molecule has 2 aromatic carbocycles. The number of fused-ring (bicyclic) bond motifs is 2. The number of pyridine rings is 2. The molecule has 0 amide bonds. The Hall–Kier alpha value is -5.16. The van der Waals surface area contributed by atoms with Gasteiger partial charge in [0.15, 0.2) is 11.6 Å². The average molecular weight is 968 g/mol. The van der Waals surface area contributed by atoms with Crippen molar-refractivity contribution in [1.82, 2.24) is 19.5 Å². The maximum atomic E-state index is 14.0. The summed E-state index contributed by atoms with van der Waals surface area (Å²) in [6.45, 7) is 15.4. The fourth-order valence-electron chi connectivity index (χ4n) is 5.45. The maximum Gasteiger partial charge on any atom is 1.00 e. The summed E-state index contributed by atoms with van der Waals surface area (Å²) >= 11 is 2.95. The van der Waals surface area contributed by atoms with E-state index in [1.807, 2.05) is 0 Å². The maximum absolute atomic E-state index is 14.0. The van der Waals surface area contributed by atoms with E-state index in [9.17, 15) is 63.7 Å². The van der Waals surface area contributed by atoms with Crippen molar-refractivity contribution in [1.29, 1.82) is 0 Å². The summed E-state index contributed by atoms with van der Waals surface area (Å²) in [5.41, 5.74) is -5.48. The minimum absolute atomic E-state index is 0. The predicted molar refractivity (Wildman–Crippen MR) is 211 cm³/mol. The van der Waals surface area contributed by atoms with Crippen molar-refractivity contribution < 1.29 is 94.7 Å². The molecule has 0 aliphatic heterocycles. The van der Waals surface area contributed by atoms with Crippen LogP contribution < -0.4 is 29.6 Å². The van der Waals surface area contributed by atoms with Crippen LogP contribution in [0.15, 0.2) is 73.3 Å². The number of ketones is 2. The van der Waals surface area contributed by atoms with Crippen molar-refractivity contribution in [2.45, 2.75) is 64.2 Å². The van der Waals surface area contributed by atoms with Crippen molar-refractivity contribution in [2.75, 3.05) is 5.33 Å². The zero-order chi connectivity index (χ0) is 45.7. The van der Waals surface area contributed by atoms with E-state index in [2.05, 4.69) is 40.6 Å². The molecule has 0 saturated carbocycles. The molecular formula is C41H34BrF10N6NaO4. The van der Waals surface area contributed by atoms with Gasteiger partial charge in [0.05, 0.1) is 23.2 Å². The van der Waals surface area contributed by atoms with E-state index >= 15 is 0 Å². The number of hydrogen-bond donors (Lipinski definition) is 3. The SMILES string of the molecule is C.Fc1ccc2[nH]cc(F)c2c1.[C-]#[N+]c1ncc(CC(=O)[C@@](C)(O)CBr)cc1C(F)(F)F.[C-]#[N+]c1ncc(CC(=O)[C@@](C)(O)Cn2cc(F)c3cc(F)ccc32)cc1C(F)(F)F.[H-].[Na+]. The first-order chi connectivity index (χ1) is 28.3. The molecule has 4 aromatic heterocycles. The van der Waals surface area contributed by atoms with Crippen molar-refractivity contribution in [3.8, 4) is 0 Å². The van der Waals surface area contributed by atoms with Crippen LogP contribution in [0.2, 0.25) is 0 Å². The van der Waals surface area contributed by atoms with Crippen LogP contribution >= 0.6 is 15.9 Å². The first-order valence-corrected chi connectivity index (χ1v) is 18.2. The summed E-state index contributed by atoms with van der Waals surface area (Å²) in [6, 6.07) is 8.67. The third-order valence-corrected chi connectivity index (χ3v) is 9.82. The molecule has 0 bridgehead atoms. The number of carbonyl (C=O) groups excluding carboxylic acids is 2. The molecule has 0 spiro atoms. The Morgan fingerprint density at radius 2 is 1.22 bits per heavy atom. The van der Waals surface area contributed by atoms with Crippen molar-refractivity contribution in [2.24, 2.45) is 0 Å². The van der Waals surface area contributed by atoms with Crippen LogP contribution in [0.4, 0.5) is 55.5 Å². The second-order valence-electron chi connectivity index (χ2n) is 13.6. The quantitative estimate of drug-likeness (QED) is 0.0595. The molecule has 10 nitrogen and oxygen atoms in total. The number of carbonyl (C=O) groups is 2. The normalized spacial score (nSPS) is 13.0. The molecule has 63 heavy (non-hydrogen) atoms. The topological polar surface area (TPSA) is 130 Å². The van der Waals surface area contributed by atoms with E-state index in [1.54, 1.807) is 0 Å². The Morgan fingerprint density at radius 1 is 0.762 bits per heavy atom. The molecule has 22 heteroatoms. The first kappa shape index (κ1) is 54.0. The molecule has 2 atom stereocenters. The van der Waals surface area contributed by atoms with Gasteiger partial charge in [-0.3, -0.25) is 9.59 Å². The number of Topliss-reactive ketones (excluding diaryl/α,β-unsaturated/α-hetero) is 2. The van der Waals surface area contributed by atoms with E-state index in [0.717, 1.165) is 37.6 Å².